The maximum absolute atomic E-state index is 10.8. The standard InChI is InChI=1S/C9H9ClO2S/c1-5-7(9(11)12)3-6(10)4-8(5)13-2/h3-4H,1-2H3,(H,11,12). The van der Waals surface area contributed by atoms with E-state index >= 15 is 0 Å². The third-order valence-corrected chi connectivity index (χ3v) is 2.86. The molecule has 1 N–H and O–H groups in total. The molecule has 0 aliphatic carbocycles. The minimum atomic E-state index is -0.935. The van der Waals surface area contributed by atoms with Crippen molar-refractivity contribution < 1.29 is 9.90 Å². The van der Waals surface area contributed by atoms with E-state index in [9.17, 15) is 4.79 Å². The average molecular weight is 217 g/mol. The summed E-state index contributed by atoms with van der Waals surface area (Å²) in [4.78, 5) is 11.7. The highest BCUT2D eigenvalue weighted by Gasteiger charge is 2.11. The van der Waals surface area contributed by atoms with Gasteiger partial charge in [-0.25, -0.2) is 4.79 Å². The summed E-state index contributed by atoms with van der Waals surface area (Å²) in [5.74, 6) is -0.935. The molecule has 0 fully saturated rings. The highest BCUT2D eigenvalue weighted by molar-refractivity contribution is 7.98. The van der Waals surface area contributed by atoms with Gasteiger partial charge in [0.1, 0.15) is 0 Å². The maximum atomic E-state index is 10.8. The van der Waals surface area contributed by atoms with Crippen LogP contribution < -0.4 is 0 Å². The van der Waals surface area contributed by atoms with Crippen LogP contribution in [0, 0.1) is 6.92 Å². The molecule has 0 aliphatic rings. The number of carboxylic acids is 1. The molecule has 0 saturated carbocycles. The van der Waals surface area contributed by atoms with Gasteiger partial charge in [-0.2, -0.15) is 0 Å². The van der Waals surface area contributed by atoms with Crippen molar-refractivity contribution in [3.8, 4) is 0 Å². The van der Waals surface area contributed by atoms with Crippen molar-refractivity contribution in [2.75, 3.05) is 6.26 Å². The van der Waals surface area contributed by atoms with E-state index in [-0.39, 0.29) is 5.56 Å². The molecule has 0 amide bonds. The summed E-state index contributed by atoms with van der Waals surface area (Å²) in [6.07, 6.45) is 1.89. The summed E-state index contributed by atoms with van der Waals surface area (Å²) in [7, 11) is 0. The van der Waals surface area contributed by atoms with Crippen LogP contribution in [0.4, 0.5) is 0 Å². The molecule has 0 aromatic heterocycles. The fourth-order valence-corrected chi connectivity index (χ4v) is 2.03. The molecule has 70 valence electrons. The number of aromatic carboxylic acids is 1. The first-order valence-electron chi connectivity index (χ1n) is 3.63. The first kappa shape index (κ1) is 10.4. The van der Waals surface area contributed by atoms with Crippen LogP contribution in [0.5, 0.6) is 0 Å². The van der Waals surface area contributed by atoms with Crippen molar-refractivity contribution in [3.05, 3.63) is 28.3 Å². The molecule has 0 atom stereocenters. The second-order valence-corrected chi connectivity index (χ2v) is 3.87. The van der Waals surface area contributed by atoms with E-state index in [0.29, 0.717) is 5.02 Å². The number of thioether (sulfide) groups is 1. The lowest BCUT2D eigenvalue weighted by Crippen LogP contribution is -2.00. The molecule has 0 aliphatic heterocycles. The van der Waals surface area contributed by atoms with Gasteiger partial charge in [0, 0.05) is 9.92 Å². The van der Waals surface area contributed by atoms with E-state index in [4.69, 9.17) is 16.7 Å². The van der Waals surface area contributed by atoms with Crippen molar-refractivity contribution in [1.29, 1.82) is 0 Å². The molecule has 0 heterocycles. The second kappa shape index (κ2) is 4.03. The minimum absolute atomic E-state index is 0.275. The Morgan fingerprint density at radius 1 is 1.54 bits per heavy atom. The summed E-state index contributed by atoms with van der Waals surface area (Å²) in [5, 5.41) is 9.31. The van der Waals surface area contributed by atoms with Crippen LogP contribution in [0.3, 0.4) is 0 Å². The number of hydrogen-bond donors (Lipinski definition) is 1. The zero-order valence-corrected chi connectivity index (χ0v) is 8.87. The van der Waals surface area contributed by atoms with E-state index < -0.39 is 5.97 Å². The largest absolute Gasteiger partial charge is 0.478 e. The van der Waals surface area contributed by atoms with Crippen LogP contribution >= 0.6 is 23.4 Å². The number of rotatable bonds is 2. The summed E-state index contributed by atoms with van der Waals surface area (Å²) >= 11 is 7.26. The van der Waals surface area contributed by atoms with Gasteiger partial charge in [-0.3, -0.25) is 0 Å². The summed E-state index contributed by atoms with van der Waals surface area (Å²) in [6, 6.07) is 3.24. The van der Waals surface area contributed by atoms with Crippen LogP contribution in [0.25, 0.3) is 0 Å². The van der Waals surface area contributed by atoms with Gasteiger partial charge >= 0.3 is 5.97 Å². The fourth-order valence-electron chi connectivity index (χ4n) is 1.09. The van der Waals surface area contributed by atoms with E-state index in [1.807, 2.05) is 6.26 Å². The van der Waals surface area contributed by atoms with Gasteiger partial charge < -0.3 is 5.11 Å². The Morgan fingerprint density at radius 2 is 2.15 bits per heavy atom. The van der Waals surface area contributed by atoms with E-state index in [0.717, 1.165) is 10.5 Å². The van der Waals surface area contributed by atoms with Crippen LogP contribution in [0.1, 0.15) is 15.9 Å². The number of hydrogen-bond acceptors (Lipinski definition) is 2. The van der Waals surface area contributed by atoms with Crippen LogP contribution in [-0.2, 0) is 0 Å². The van der Waals surface area contributed by atoms with Crippen molar-refractivity contribution >= 4 is 29.3 Å². The molecular formula is C9H9ClO2S. The van der Waals surface area contributed by atoms with Gasteiger partial charge in [-0.15, -0.1) is 11.8 Å². The maximum Gasteiger partial charge on any atom is 0.336 e. The predicted molar refractivity (Wildman–Crippen MR) is 54.9 cm³/mol. The fraction of sp³-hybridized carbons (Fsp3) is 0.222. The Bertz CT molecular complexity index is 350. The van der Waals surface area contributed by atoms with Crippen molar-refractivity contribution in [1.82, 2.24) is 0 Å². The highest BCUT2D eigenvalue weighted by Crippen LogP contribution is 2.27. The van der Waals surface area contributed by atoms with Gasteiger partial charge in [-0.1, -0.05) is 11.6 Å². The molecule has 2 nitrogen and oxygen atoms in total. The quantitative estimate of drug-likeness (QED) is 0.772. The number of benzene rings is 1. The molecule has 0 unspecified atom stereocenters. The molecule has 0 bridgehead atoms. The molecule has 1 rings (SSSR count). The predicted octanol–water partition coefficient (Wildman–Crippen LogP) is 3.07. The zero-order valence-electron chi connectivity index (χ0n) is 7.30. The van der Waals surface area contributed by atoms with E-state index in [2.05, 4.69) is 0 Å². The van der Waals surface area contributed by atoms with Crippen molar-refractivity contribution in [2.24, 2.45) is 0 Å². The van der Waals surface area contributed by atoms with Gasteiger partial charge in [-0.05, 0) is 30.9 Å². The van der Waals surface area contributed by atoms with Crippen molar-refractivity contribution in [2.45, 2.75) is 11.8 Å². The smallest absolute Gasteiger partial charge is 0.336 e. The number of carbonyl (C=O) groups is 1. The summed E-state index contributed by atoms with van der Waals surface area (Å²) in [5.41, 5.74) is 1.04. The summed E-state index contributed by atoms with van der Waals surface area (Å²) < 4.78 is 0. The molecule has 13 heavy (non-hydrogen) atoms. The van der Waals surface area contributed by atoms with E-state index in [1.54, 1.807) is 13.0 Å². The number of carboxylic acid groups (broad SMARTS) is 1. The van der Waals surface area contributed by atoms with Crippen LogP contribution in [0.15, 0.2) is 17.0 Å². The third-order valence-electron chi connectivity index (χ3n) is 1.78. The molecule has 4 heteroatoms. The SMILES string of the molecule is CSc1cc(Cl)cc(C(=O)O)c1C. The van der Waals surface area contributed by atoms with E-state index in [1.165, 1.54) is 17.8 Å². The molecule has 0 radical (unpaired) electrons. The van der Waals surface area contributed by atoms with Crippen molar-refractivity contribution in [3.63, 3.8) is 0 Å². The topological polar surface area (TPSA) is 37.3 Å². The zero-order chi connectivity index (χ0) is 10.0. The molecular weight excluding hydrogens is 208 g/mol. The first-order chi connectivity index (χ1) is 6.06. The molecule has 1 aromatic rings. The first-order valence-corrected chi connectivity index (χ1v) is 5.24. The monoisotopic (exact) mass is 216 g/mol. The number of halogens is 1. The molecule has 0 spiro atoms. The Morgan fingerprint density at radius 3 is 2.62 bits per heavy atom. The Kier molecular flexibility index (Phi) is 3.22. The highest BCUT2D eigenvalue weighted by atomic mass is 35.5. The Balaban J connectivity index is 3.35. The van der Waals surface area contributed by atoms with Crippen LogP contribution in [0.2, 0.25) is 5.02 Å². The lowest BCUT2D eigenvalue weighted by Gasteiger charge is -2.06. The average Bonchev–Trinajstić information content (AvgIpc) is 2.08. The Labute approximate surface area is 85.9 Å². The van der Waals surface area contributed by atoms with Crippen LogP contribution in [-0.4, -0.2) is 17.3 Å². The van der Waals surface area contributed by atoms with Gasteiger partial charge in [0.05, 0.1) is 5.56 Å². The van der Waals surface area contributed by atoms with Gasteiger partial charge in [0.25, 0.3) is 0 Å². The molecule has 0 saturated heterocycles. The van der Waals surface area contributed by atoms with Gasteiger partial charge in [0.15, 0.2) is 0 Å². The Hall–Kier alpha value is -0.670. The second-order valence-electron chi connectivity index (χ2n) is 2.59. The lowest BCUT2D eigenvalue weighted by molar-refractivity contribution is 0.0696. The normalized spacial score (nSPS) is 10.1. The lowest BCUT2D eigenvalue weighted by atomic mass is 10.1. The summed E-state index contributed by atoms with van der Waals surface area (Å²) in [6.45, 7) is 1.78. The third kappa shape index (κ3) is 2.17. The molecule has 1 aromatic carbocycles. The van der Waals surface area contributed by atoms with Gasteiger partial charge in [0.2, 0.25) is 0 Å². The minimum Gasteiger partial charge on any atom is -0.478 e.